The van der Waals surface area contributed by atoms with E-state index in [2.05, 4.69) is 28.4 Å². The summed E-state index contributed by atoms with van der Waals surface area (Å²) in [5.74, 6) is 1.83. The fraction of sp³-hybridized carbons (Fsp3) is 0.385. The molecule has 1 aliphatic rings. The molecular weight excluding hydrogens is 214 g/mol. The number of benzene rings is 1. The lowest BCUT2D eigenvalue weighted by Gasteiger charge is -2.00. The van der Waals surface area contributed by atoms with Crippen LogP contribution in [0.1, 0.15) is 23.8 Å². The molecule has 2 aromatic rings. The first-order chi connectivity index (χ1) is 8.34. The first kappa shape index (κ1) is 10.5. The Hall–Kier alpha value is -1.68. The van der Waals surface area contributed by atoms with E-state index in [4.69, 9.17) is 4.52 Å². The molecule has 1 aliphatic heterocycles. The zero-order chi connectivity index (χ0) is 11.7. The SMILES string of the molecule is Cc1ccccc1-c1noc(C2CCNC2)n1. The van der Waals surface area contributed by atoms with E-state index in [1.807, 2.05) is 18.2 Å². The van der Waals surface area contributed by atoms with Gasteiger partial charge in [-0.1, -0.05) is 29.4 Å². The maximum atomic E-state index is 5.36. The molecular formula is C13H15N3O. The van der Waals surface area contributed by atoms with Gasteiger partial charge >= 0.3 is 0 Å². The molecule has 0 amide bonds. The third-order valence-electron chi connectivity index (χ3n) is 3.24. The summed E-state index contributed by atoms with van der Waals surface area (Å²) in [4.78, 5) is 4.51. The van der Waals surface area contributed by atoms with Gasteiger partial charge in [0.15, 0.2) is 0 Å². The molecule has 4 heteroatoms. The monoisotopic (exact) mass is 229 g/mol. The fourth-order valence-corrected chi connectivity index (χ4v) is 2.20. The Morgan fingerprint density at radius 3 is 3.00 bits per heavy atom. The summed E-state index contributed by atoms with van der Waals surface area (Å²) in [7, 11) is 0. The van der Waals surface area contributed by atoms with Gasteiger partial charge in [-0.3, -0.25) is 0 Å². The maximum absolute atomic E-state index is 5.36. The first-order valence-corrected chi connectivity index (χ1v) is 5.95. The summed E-state index contributed by atoms with van der Waals surface area (Å²) < 4.78 is 5.36. The Morgan fingerprint density at radius 2 is 2.24 bits per heavy atom. The molecule has 0 bridgehead atoms. The van der Waals surface area contributed by atoms with Gasteiger partial charge in [0.05, 0.1) is 5.92 Å². The van der Waals surface area contributed by atoms with Crippen molar-refractivity contribution in [2.45, 2.75) is 19.3 Å². The van der Waals surface area contributed by atoms with Crippen LogP contribution in [0.4, 0.5) is 0 Å². The van der Waals surface area contributed by atoms with E-state index in [1.54, 1.807) is 0 Å². The molecule has 1 atom stereocenters. The molecule has 1 aromatic carbocycles. The van der Waals surface area contributed by atoms with Crippen molar-refractivity contribution in [1.82, 2.24) is 15.5 Å². The number of nitrogens with one attached hydrogen (secondary N) is 1. The van der Waals surface area contributed by atoms with E-state index < -0.39 is 0 Å². The van der Waals surface area contributed by atoms with Crippen LogP contribution >= 0.6 is 0 Å². The van der Waals surface area contributed by atoms with Crippen LogP contribution in [0.25, 0.3) is 11.4 Å². The second kappa shape index (κ2) is 4.30. The lowest BCUT2D eigenvalue weighted by molar-refractivity contribution is 0.359. The van der Waals surface area contributed by atoms with E-state index in [-0.39, 0.29) is 0 Å². The van der Waals surface area contributed by atoms with Gasteiger partial charge in [-0.25, -0.2) is 0 Å². The normalized spacial score (nSPS) is 19.7. The minimum atomic E-state index is 0.375. The van der Waals surface area contributed by atoms with E-state index in [9.17, 15) is 0 Å². The summed E-state index contributed by atoms with van der Waals surface area (Å²) in [5, 5.41) is 7.38. The van der Waals surface area contributed by atoms with E-state index in [1.165, 1.54) is 5.56 Å². The number of aryl methyl sites for hydroxylation is 1. The highest BCUT2D eigenvalue weighted by molar-refractivity contribution is 5.58. The van der Waals surface area contributed by atoms with Crippen LogP contribution in [0.5, 0.6) is 0 Å². The van der Waals surface area contributed by atoms with Crippen molar-refractivity contribution >= 4 is 0 Å². The molecule has 4 nitrogen and oxygen atoms in total. The van der Waals surface area contributed by atoms with Crippen LogP contribution < -0.4 is 5.32 Å². The van der Waals surface area contributed by atoms with Crippen molar-refractivity contribution in [1.29, 1.82) is 0 Å². The second-order valence-corrected chi connectivity index (χ2v) is 4.46. The Morgan fingerprint density at radius 1 is 1.35 bits per heavy atom. The van der Waals surface area contributed by atoms with Crippen LogP contribution in [-0.2, 0) is 0 Å². The molecule has 2 heterocycles. The van der Waals surface area contributed by atoms with Crippen LogP contribution in [0.3, 0.4) is 0 Å². The average molecular weight is 229 g/mol. The van der Waals surface area contributed by atoms with Crippen molar-refractivity contribution in [3.05, 3.63) is 35.7 Å². The molecule has 0 radical (unpaired) electrons. The van der Waals surface area contributed by atoms with Gasteiger partial charge in [0, 0.05) is 12.1 Å². The molecule has 1 saturated heterocycles. The highest BCUT2D eigenvalue weighted by atomic mass is 16.5. The number of aromatic nitrogens is 2. The Kier molecular flexibility index (Phi) is 2.65. The van der Waals surface area contributed by atoms with Crippen LogP contribution in [0.15, 0.2) is 28.8 Å². The molecule has 17 heavy (non-hydrogen) atoms. The third kappa shape index (κ3) is 1.96. The molecule has 88 valence electrons. The van der Waals surface area contributed by atoms with Crippen LogP contribution in [-0.4, -0.2) is 23.2 Å². The maximum Gasteiger partial charge on any atom is 0.231 e. The Balaban J connectivity index is 1.92. The first-order valence-electron chi connectivity index (χ1n) is 5.95. The van der Waals surface area contributed by atoms with Gasteiger partial charge in [0.25, 0.3) is 0 Å². The molecule has 1 aromatic heterocycles. The minimum absolute atomic E-state index is 0.375. The second-order valence-electron chi connectivity index (χ2n) is 4.46. The van der Waals surface area contributed by atoms with Gasteiger partial charge in [-0.15, -0.1) is 0 Å². The zero-order valence-corrected chi connectivity index (χ0v) is 9.81. The van der Waals surface area contributed by atoms with Crippen LogP contribution in [0.2, 0.25) is 0 Å². The van der Waals surface area contributed by atoms with Crippen molar-refractivity contribution in [3.63, 3.8) is 0 Å². The fourth-order valence-electron chi connectivity index (χ4n) is 2.20. The minimum Gasteiger partial charge on any atom is -0.339 e. The molecule has 0 aliphatic carbocycles. The summed E-state index contributed by atoms with van der Waals surface area (Å²) >= 11 is 0. The lowest BCUT2D eigenvalue weighted by atomic mass is 10.1. The largest absolute Gasteiger partial charge is 0.339 e. The standard InChI is InChI=1S/C13H15N3O/c1-9-4-2-3-5-11(9)12-15-13(17-16-12)10-6-7-14-8-10/h2-5,10,14H,6-8H2,1H3. The van der Waals surface area contributed by atoms with E-state index >= 15 is 0 Å². The number of hydrogen-bond donors (Lipinski definition) is 1. The molecule has 0 spiro atoms. The van der Waals surface area contributed by atoms with E-state index in [0.717, 1.165) is 31.0 Å². The van der Waals surface area contributed by atoms with Gasteiger partial charge in [0.1, 0.15) is 0 Å². The Labute approximate surface area is 100 Å². The number of nitrogens with zero attached hydrogens (tertiary/aromatic N) is 2. The number of rotatable bonds is 2. The van der Waals surface area contributed by atoms with Crippen LogP contribution in [0, 0.1) is 6.92 Å². The van der Waals surface area contributed by atoms with Gasteiger partial charge in [-0.05, 0) is 25.5 Å². The van der Waals surface area contributed by atoms with Crippen molar-refractivity contribution in [2.75, 3.05) is 13.1 Å². The average Bonchev–Trinajstić information content (AvgIpc) is 3.00. The van der Waals surface area contributed by atoms with E-state index in [0.29, 0.717) is 11.7 Å². The predicted molar refractivity (Wildman–Crippen MR) is 64.7 cm³/mol. The summed E-state index contributed by atoms with van der Waals surface area (Å²) in [6.45, 7) is 4.03. The van der Waals surface area contributed by atoms with Gasteiger partial charge in [-0.2, -0.15) is 4.98 Å². The quantitative estimate of drug-likeness (QED) is 0.857. The Bertz CT molecular complexity index is 515. The lowest BCUT2D eigenvalue weighted by Crippen LogP contribution is -2.08. The molecule has 1 unspecified atom stereocenters. The van der Waals surface area contributed by atoms with Gasteiger partial charge < -0.3 is 9.84 Å². The van der Waals surface area contributed by atoms with Crippen molar-refractivity contribution < 1.29 is 4.52 Å². The number of hydrogen-bond acceptors (Lipinski definition) is 4. The molecule has 3 rings (SSSR count). The van der Waals surface area contributed by atoms with Crippen molar-refractivity contribution in [3.8, 4) is 11.4 Å². The molecule has 1 N–H and O–H groups in total. The smallest absolute Gasteiger partial charge is 0.231 e. The summed E-state index contributed by atoms with van der Waals surface area (Å²) in [5.41, 5.74) is 2.22. The summed E-state index contributed by atoms with van der Waals surface area (Å²) in [6, 6.07) is 8.09. The van der Waals surface area contributed by atoms with Gasteiger partial charge in [0.2, 0.25) is 11.7 Å². The highest BCUT2D eigenvalue weighted by Crippen LogP contribution is 2.25. The molecule has 1 fully saturated rings. The zero-order valence-electron chi connectivity index (χ0n) is 9.81. The van der Waals surface area contributed by atoms with Crippen molar-refractivity contribution in [2.24, 2.45) is 0 Å². The topological polar surface area (TPSA) is 51.0 Å². The predicted octanol–water partition coefficient (Wildman–Crippen LogP) is 2.12. The highest BCUT2D eigenvalue weighted by Gasteiger charge is 2.23. The summed E-state index contributed by atoms with van der Waals surface area (Å²) in [6.07, 6.45) is 1.08. The third-order valence-corrected chi connectivity index (χ3v) is 3.24. The molecule has 0 saturated carbocycles.